The van der Waals surface area contributed by atoms with Crippen LogP contribution in [0.3, 0.4) is 0 Å². The van der Waals surface area contributed by atoms with Gasteiger partial charge in [0.1, 0.15) is 0 Å². The Balaban J connectivity index is 1.10. The summed E-state index contributed by atoms with van der Waals surface area (Å²) in [6.07, 6.45) is 3.66. The number of hydrogen-bond acceptors (Lipinski definition) is 5. The second kappa shape index (κ2) is 13.7. The third-order valence-electron chi connectivity index (χ3n) is 13.4. The van der Waals surface area contributed by atoms with Gasteiger partial charge in [-0.05, 0) is 103 Å². The summed E-state index contributed by atoms with van der Waals surface area (Å²) in [6, 6.07) is 69.0. The van der Waals surface area contributed by atoms with Crippen LogP contribution >= 0.6 is 0 Å². The molecule has 0 saturated carbocycles. The molecule has 2 aromatic heterocycles. The van der Waals surface area contributed by atoms with Crippen LogP contribution in [0.2, 0.25) is 0 Å². The van der Waals surface area contributed by atoms with Gasteiger partial charge in [-0.2, -0.15) is 0 Å². The monoisotopic (exact) mass is 837 g/mol. The lowest BCUT2D eigenvalue weighted by Gasteiger charge is -2.35. The average Bonchev–Trinajstić information content (AvgIpc) is 3.73. The molecule has 5 nitrogen and oxygen atoms in total. The van der Waals surface area contributed by atoms with Crippen molar-refractivity contribution in [1.29, 1.82) is 0 Å². The van der Waals surface area contributed by atoms with Crippen molar-refractivity contribution in [3.05, 3.63) is 235 Å². The van der Waals surface area contributed by atoms with Crippen molar-refractivity contribution in [3.63, 3.8) is 0 Å². The van der Waals surface area contributed by atoms with Crippen molar-refractivity contribution in [2.75, 3.05) is 0 Å². The third kappa shape index (κ3) is 5.17. The largest absolute Gasteiger partial charge is 0.264 e. The van der Waals surface area contributed by atoms with Crippen molar-refractivity contribution < 1.29 is 8.42 Å². The molecule has 0 radical (unpaired) electrons. The SMILES string of the molecule is O=S1(=O)c2ccccc2-c2cc3c(cc21)-c1ccccc1C31c2ccccc2-c2ccccc2-c2ccc(-c3nc(-c4ccccc4)cc(-c4ccc(-c5cccnc5)cc4)n3)cc21. The number of sulfone groups is 1. The van der Waals surface area contributed by atoms with Crippen LogP contribution in [-0.4, -0.2) is 23.4 Å². The standard InChI is InChI=1S/C58H35N3O2S/c62-64(63)55-23-11-8-20-46(55)48-32-52-47(33-56(48)64)44-19-7-10-22-50(44)58(52)49-21-9-6-18-43(49)41-16-4-5-17-42(41)45-29-28-39(31-51(45)58)57-60-53(37-13-2-1-3-14-37)34-54(61-57)38-26-24-36(25-27-38)40-15-12-30-59-35-40/h1-35H. The first-order valence-electron chi connectivity index (χ1n) is 21.4. The van der Waals surface area contributed by atoms with Gasteiger partial charge in [0.15, 0.2) is 5.82 Å². The highest BCUT2D eigenvalue weighted by atomic mass is 32.2. The van der Waals surface area contributed by atoms with E-state index in [0.717, 1.165) is 106 Å². The maximum absolute atomic E-state index is 14.3. The van der Waals surface area contributed by atoms with Gasteiger partial charge in [0.25, 0.3) is 0 Å². The molecule has 0 amide bonds. The van der Waals surface area contributed by atoms with E-state index in [2.05, 4.69) is 151 Å². The number of rotatable bonds is 4. The Labute approximate surface area is 371 Å². The van der Waals surface area contributed by atoms with Crippen LogP contribution in [0, 0.1) is 0 Å². The predicted octanol–water partition coefficient (Wildman–Crippen LogP) is 13.4. The molecule has 1 unspecified atom stereocenters. The average molecular weight is 838 g/mol. The molecule has 13 rings (SSSR count). The highest BCUT2D eigenvalue weighted by molar-refractivity contribution is 7.92. The number of nitrogens with zero attached hydrogens (tertiary/aromatic N) is 3. The molecular formula is C58H35N3O2S. The van der Waals surface area contributed by atoms with Gasteiger partial charge in [-0.25, -0.2) is 18.4 Å². The molecule has 0 saturated heterocycles. The fraction of sp³-hybridized carbons (Fsp3) is 0.0172. The van der Waals surface area contributed by atoms with Crippen LogP contribution in [0.15, 0.2) is 222 Å². The summed E-state index contributed by atoms with van der Waals surface area (Å²) in [7, 11) is -3.74. The maximum atomic E-state index is 14.3. The summed E-state index contributed by atoms with van der Waals surface area (Å²) >= 11 is 0. The van der Waals surface area contributed by atoms with Crippen LogP contribution < -0.4 is 0 Å². The molecule has 0 fully saturated rings. The Morgan fingerprint density at radius 2 is 0.875 bits per heavy atom. The molecule has 3 heterocycles. The van der Waals surface area contributed by atoms with Gasteiger partial charge in [-0.1, -0.05) is 164 Å². The lowest BCUT2D eigenvalue weighted by molar-refractivity contribution is 0.598. The van der Waals surface area contributed by atoms with E-state index in [1.807, 2.05) is 48.7 Å². The first-order chi connectivity index (χ1) is 31.5. The maximum Gasteiger partial charge on any atom is 0.207 e. The van der Waals surface area contributed by atoms with Gasteiger partial charge in [0, 0.05) is 40.2 Å². The van der Waals surface area contributed by atoms with E-state index in [-0.39, 0.29) is 0 Å². The van der Waals surface area contributed by atoms with Crippen LogP contribution in [0.4, 0.5) is 0 Å². The molecule has 3 aliphatic rings. The highest BCUT2D eigenvalue weighted by Gasteiger charge is 2.51. The molecule has 6 heteroatoms. The molecule has 8 aromatic carbocycles. The summed E-state index contributed by atoms with van der Waals surface area (Å²) in [5.74, 6) is 0.608. The molecule has 300 valence electrons. The molecule has 1 aliphatic heterocycles. The predicted molar refractivity (Wildman–Crippen MR) is 254 cm³/mol. The fourth-order valence-corrected chi connectivity index (χ4v) is 12.3. The second-order valence-electron chi connectivity index (χ2n) is 16.7. The Morgan fingerprint density at radius 3 is 1.56 bits per heavy atom. The summed E-state index contributed by atoms with van der Waals surface area (Å²) in [4.78, 5) is 15.7. The quantitative estimate of drug-likeness (QED) is 0.177. The number of benzene rings is 8. The molecule has 0 N–H and O–H groups in total. The van der Waals surface area contributed by atoms with E-state index < -0.39 is 15.3 Å². The van der Waals surface area contributed by atoms with Gasteiger partial charge in [0.2, 0.25) is 9.84 Å². The molecule has 2 aliphatic carbocycles. The lowest BCUT2D eigenvalue weighted by atomic mass is 9.65. The van der Waals surface area contributed by atoms with Gasteiger partial charge in [0.05, 0.1) is 26.6 Å². The molecule has 10 aromatic rings. The lowest BCUT2D eigenvalue weighted by Crippen LogP contribution is -2.29. The Kier molecular flexibility index (Phi) is 7.84. The summed E-state index contributed by atoms with van der Waals surface area (Å²) in [5.41, 5.74) is 18.0. The van der Waals surface area contributed by atoms with Gasteiger partial charge in [-0.3, -0.25) is 4.98 Å². The van der Waals surface area contributed by atoms with E-state index in [0.29, 0.717) is 15.6 Å². The second-order valence-corrected chi connectivity index (χ2v) is 18.6. The molecule has 1 spiro atoms. The molecule has 0 bridgehead atoms. The minimum atomic E-state index is -3.74. The summed E-state index contributed by atoms with van der Waals surface area (Å²) in [6.45, 7) is 0. The van der Waals surface area contributed by atoms with Crippen LogP contribution in [-0.2, 0) is 15.3 Å². The van der Waals surface area contributed by atoms with Gasteiger partial charge >= 0.3 is 0 Å². The third-order valence-corrected chi connectivity index (χ3v) is 15.2. The molecule has 1 atom stereocenters. The number of aromatic nitrogens is 3. The van der Waals surface area contributed by atoms with Crippen molar-refractivity contribution in [3.8, 4) is 89.5 Å². The van der Waals surface area contributed by atoms with Gasteiger partial charge in [-0.15, -0.1) is 0 Å². The number of pyridine rings is 1. The summed E-state index contributed by atoms with van der Waals surface area (Å²) in [5, 5.41) is 0. The van der Waals surface area contributed by atoms with E-state index in [1.165, 1.54) is 0 Å². The topological polar surface area (TPSA) is 72.8 Å². The minimum Gasteiger partial charge on any atom is -0.264 e. The van der Waals surface area contributed by atoms with Gasteiger partial charge < -0.3 is 0 Å². The minimum absolute atomic E-state index is 0.352. The number of hydrogen-bond donors (Lipinski definition) is 0. The molecular weight excluding hydrogens is 803 g/mol. The van der Waals surface area contributed by atoms with E-state index in [9.17, 15) is 8.42 Å². The normalized spacial score (nSPS) is 15.5. The highest BCUT2D eigenvalue weighted by Crippen LogP contribution is 2.63. The first-order valence-corrected chi connectivity index (χ1v) is 22.9. The Hall–Kier alpha value is -8.06. The van der Waals surface area contributed by atoms with E-state index >= 15 is 0 Å². The van der Waals surface area contributed by atoms with Crippen molar-refractivity contribution in [2.45, 2.75) is 15.2 Å². The van der Waals surface area contributed by atoms with E-state index in [1.54, 1.807) is 18.3 Å². The van der Waals surface area contributed by atoms with Crippen molar-refractivity contribution in [2.24, 2.45) is 0 Å². The Bertz CT molecular complexity index is 3680. The summed E-state index contributed by atoms with van der Waals surface area (Å²) < 4.78 is 28.6. The first kappa shape index (κ1) is 36.6. The fourth-order valence-electron chi connectivity index (χ4n) is 10.6. The zero-order valence-corrected chi connectivity index (χ0v) is 35.1. The van der Waals surface area contributed by atoms with Crippen molar-refractivity contribution >= 4 is 9.84 Å². The zero-order valence-electron chi connectivity index (χ0n) is 34.3. The smallest absolute Gasteiger partial charge is 0.207 e. The van der Waals surface area contributed by atoms with Crippen LogP contribution in [0.25, 0.3) is 89.5 Å². The van der Waals surface area contributed by atoms with E-state index in [4.69, 9.17) is 9.97 Å². The van der Waals surface area contributed by atoms with Crippen molar-refractivity contribution in [1.82, 2.24) is 15.0 Å². The zero-order chi connectivity index (χ0) is 42.6. The van der Waals surface area contributed by atoms with Crippen LogP contribution in [0.5, 0.6) is 0 Å². The number of fused-ring (bicyclic) bond motifs is 15. The van der Waals surface area contributed by atoms with Crippen LogP contribution in [0.1, 0.15) is 22.3 Å². The molecule has 64 heavy (non-hydrogen) atoms. The Morgan fingerprint density at radius 1 is 0.344 bits per heavy atom.